The number of fused-ring (bicyclic) bond motifs is 1. The Bertz CT molecular complexity index is 703. The molecule has 1 aromatic carbocycles. The summed E-state index contributed by atoms with van der Waals surface area (Å²) in [6.45, 7) is -0.157. The molecule has 3 rings (SSSR count). The summed E-state index contributed by atoms with van der Waals surface area (Å²) in [6, 6.07) is 11.3. The number of nitrogens with zero attached hydrogens (tertiary/aromatic N) is 3. The fourth-order valence-electron chi connectivity index (χ4n) is 2.14. The number of alkyl halides is 1. The number of para-hydroxylation sites is 2. The molecular weight excluding hydrogens is 243 g/mol. The Morgan fingerprint density at radius 2 is 2.00 bits per heavy atom. The summed E-state index contributed by atoms with van der Waals surface area (Å²) in [7, 11) is 0. The lowest BCUT2D eigenvalue weighted by Crippen LogP contribution is -2.02. The predicted octanol–water partition coefficient (Wildman–Crippen LogP) is 2.65. The summed E-state index contributed by atoms with van der Waals surface area (Å²) in [5.41, 5.74) is 8.18. The maximum atomic E-state index is 12.8. The van der Waals surface area contributed by atoms with Crippen molar-refractivity contribution in [3.05, 3.63) is 42.6 Å². The van der Waals surface area contributed by atoms with Crippen molar-refractivity contribution in [1.29, 1.82) is 0 Å². The smallest absolute Gasteiger partial charge is 0.142 e. The molecule has 0 bridgehead atoms. The molecule has 0 saturated carbocycles. The minimum atomic E-state index is -0.435. The molecule has 3 aromatic rings. The highest BCUT2D eigenvalue weighted by molar-refractivity contribution is 5.80. The fraction of sp³-hybridized carbons (Fsp3) is 0.143. The van der Waals surface area contributed by atoms with Gasteiger partial charge in [0.15, 0.2) is 0 Å². The SMILES string of the molecule is Nc1ccc(-c2nc3ccccc3n2CCF)cn1. The van der Waals surface area contributed by atoms with Crippen LogP contribution in [0.4, 0.5) is 10.2 Å². The number of nitrogens with two attached hydrogens (primary N) is 1. The van der Waals surface area contributed by atoms with Gasteiger partial charge in [0.1, 0.15) is 18.3 Å². The molecule has 19 heavy (non-hydrogen) atoms. The molecule has 96 valence electrons. The first-order valence-electron chi connectivity index (χ1n) is 6.03. The second-order valence-corrected chi connectivity index (χ2v) is 4.24. The van der Waals surface area contributed by atoms with Crippen molar-refractivity contribution in [2.75, 3.05) is 12.4 Å². The van der Waals surface area contributed by atoms with Gasteiger partial charge in [-0.3, -0.25) is 0 Å². The van der Waals surface area contributed by atoms with Gasteiger partial charge in [-0.2, -0.15) is 0 Å². The molecule has 5 heteroatoms. The summed E-state index contributed by atoms with van der Waals surface area (Å²) < 4.78 is 14.6. The Balaban J connectivity index is 2.21. The molecule has 0 unspecified atom stereocenters. The third kappa shape index (κ3) is 2.03. The number of aromatic nitrogens is 3. The average molecular weight is 256 g/mol. The number of rotatable bonds is 3. The standard InChI is InChI=1S/C14H13FN4/c15-7-8-19-12-4-2-1-3-11(12)18-14(19)10-5-6-13(16)17-9-10/h1-6,9H,7-8H2,(H2,16,17). The number of nitrogen functional groups attached to an aromatic ring is 1. The van der Waals surface area contributed by atoms with Crippen molar-refractivity contribution in [1.82, 2.24) is 14.5 Å². The molecule has 2 aromatic heterocycles. The Morgan fingerprint density at radius 3 is 2.74 bits per heavy atom. The van der Waals surface area contributed by atoms with Gasteiger partial charge in [0, 0.05) is 11.8 Å². The monoisotopic (exact) mass is 256 g/mol. The number of aryl methyl sites for hydroxylation is 1. The van der Waals surface area contributed by atoms with Crippen molar-refractivity contribution in [3.63, 3.8) is 0 Å². The maximum absolute atomic E-state index is 12.8. The summed E-state index contributed by atoms with van der Waals surface area (Å²) in [5, 5.41) is 0. The van der Waals surface area contributed by atoms with Crippen LogP contribution >= 0.6 is 0 Å². The van der Waals surface area contributed by atoms with E-state index in [-0.39, 0.29) is 6.54 Å². The van der Waals surface area contributed by atoms with E-state index in [1.807, 2.05) is 34.9 Å². The summed E-state index contributed by atoms with van der Waals surface area (Å²) in [6.07, 6.45) is 1.66. The van der Waals surface area contributed by atoms with E-state index in [9.17, 15) is 4.39 Å². The van der Waals surface area contributed by atoms with Gasteiger partial charge in [0.2, 0.25) is 0 Å². The molecule has 0 amide bonds. The number of halogens is 1. The first kappa shape index (κ1) is 11.6. The molecule has 0 aliphatic carbocycles. The highest BCUT2D eigenvalue weighted by atomic mass is 19.1. The van der Waals surface area contributed by atoms with E-state index in [0.717, 1.165) is 16.6 Å². The lowest BCUT2D eigenvalue weighted by Gasteiger charge is -2.06. The molecule has 0 spiro atoms. The second-order valence-electron chi connectivity index (χ2n) is 4.24. The number of hydrogen-bond donors (Lipinski definition) is 1. The second kappa shape index (κ2) is 4.68. The van der Waals surface area contributed by atoms with Crippen LogP contribution in [-0.4, -0.2) is 21.2 Å². The van der Waals surface area contributed by atoms with E-state index in [2.05, 4.69) is 9.97 Å². The van der Waals surface area contributed by atoms with Gasteiger partial charge in [0.25, 0.3) is 0 Å². The van der Waals surface area contributed by atoms with Gasteiger partial charge in [-0.05, 0) is 24.3 Å². The van der Waals surface area contributed by atoms with Crippen molar-refractivity contribution < 1.29 is 4.39 Å². The van der Waals surface area contributed by atoms with Crippen LogP contribution in [0.5, 0.6) is 0 Å². The molecule has 0 saturated heterocycles. The van der Waals surface area contributed by atoms with Crippen LogP contribution in [0.1, 0.15) is 0 Å². The van der Waals surface area contributed by atoms with Crippen LogP contribution in [0.15, 0.2) is 42.6 Å². The molecule has 2 heterocycles. The van der Waals surface area contributed by atoms with Crippen LogP contribution < -0.4 is 5.73 Å². The zero-order valence-electron chi connectivity index (χ0n) is 10.3. The molecule has 0 aliphatic rings. The zero-order valence-corrected chi connectivity index (χ0v) is 10.3. The van der Waals surface area contributed by atoms with Gasteiger partial charge in [-0.1, -0.05) is 12.1 Å². The van der Waals surface area contributed by atoms with Crippen LogP contribution in [0, 0.1) is 0 Å². The normalized spacial score (nSPS) is 11.0. The van der Waals surface area contributed by atoms with Crippen LogP contribution in [0.25, 0.3) is 22.4 Å². The van der Waals surface area contributed by atoms with Gasteiger partial charge < -0.3 is 10.3 Å². The first-order valence-corrected chi connectivity index (χ1v) is 6.03. The molecule has 2 N–H and O–H groups in total. The van der Waals surface area contributed by atoms with E-state index in [1.54, 1.807) is 12.3 Å². The molecule has 0 atom stereocenters. The van der Waals surface area contributed by atoms with E-state index in [1.165, 1.54) is 0 Å². The molecule has 0 fully saturated rings. The third-order valence-corrected chi connectivity index (χ3v) is 3.01. The van der Waals surface area contributed by atoms with E-state index < -0.39 is 6.67 Å². The van der Waals surface area contributed by atoms with Crippen molar-refractivity contribution in [3.8, 4) is 11.4 Å². The van der Waals surface area contributed by atoms with Gasteiger partial charge >= 0.3 is 0 Å². The summed E-state index contributed by atoms with van der Waals surface area (Å²) in [5.74, 6) is 1.17. The lowest BCUT2D eigenvalue weighted by atomic mass is 10.2. The number of imidazole rings is 1. The predicted molar refractivity (Wildman–Crippen MR) is 73.4 cm³/mol. The lowest BCUT2D eigenvalue weighted by molar-refractivity contribution is 0.451. The van der Waals surface area contributed by atoms with E-state index in [4.69, 9.17) is 5.73 Å². The number of anilines is 1. The minimum absolute atomic E-state index is 0.278. The van der Waals surface area contributed by atoms with E-state index >= 15 is 0 Å². The molecule has 4 nitrogen and oxygen atoms in total. The quantitative estimate of drug-likeness (QED) is 0.783. The van der Waals surface area contributed by atoms with Crippen molar-refractivity contribution >= 4 is 16.9 Å². The van der Waals surface area contributed by atoms with Gasteiger partial charge in [-0.25, -0.2) is 14.4 Å². The number of hydrogen-bond acceptors (Lipinski definition) is 3. The van der Waals surface area contributed by atoms with Crippen LogP contribution in [0.3, 0.4) is 0 Å². The zero-order chi connectivity index (χ0) is 13.2. The van der Waals surface area contributed by atoms with Crippen LogP contribution in [-0.2, 0) is 6.54 Å². The topological polar surface area (TPSA) is 56.7 Å². The number of pyridine rings is 1. The third-order valence-electron chi connectivity index (χ3n) is 3.01. The van der Waals surface area contributed by atoms with Crippen molar-refractivity contribution in [2.24, 2.45) is 0 Å². The maximum Gasteiger partial charge on any atom is 0.142 e. The highest BCUT2D eigenvalue weighted by Gasteiger charge is 2.12. The largest absolute Gasteiger partial charge is 0.384 e. The summed E-state index contributed by atoms with van der Waals surface area (Å²) >= 11 is 0. The Hall–Kier alpha value is -2.43. The Kier molecular flexibility index (Phi) is 2.87. The van der Waals surface area contributed by atoms with Crippen LogP contribution in [0.2, 0.25) is 0 Å². The highest BCUT2D eigenvalue weighted by Crippen LogP contribution is 2.24. The molecular formula is C14H13FN4. The van der Waals surface area contributed by atoms with Crippen molar-refractivity contribution in [2.45, 2.75) is 6.54 Å². The molecule has 0 aliphatic heterocycles. The first-order chi connectivity index (χ1) is 9.29. The average Bonchev–Trinajstić information content (AvgIpc) is 2.79. The Labute approximate surface area is 109 Å². The minimum Gasteiger partial charge on any atom is -0.384 e. The fourth-order valence-corrected chi connectivity index (χ4v) is 2.14. The summed E-state index contributed by atoms with van der Waals surface area (Å²) in [4.78, 5) is 8.60. The van der Waals surface area contributed by atoms with Gasteiger partial charge in [-0.15, -0.1) is 0 Å². The van der Waals surface area contributed by atoms with E-state index in [0.29, 0.717) is 11.6 Å². The Morgan fingerprint density at radius 1 is 1.16 bits per heavy atom. The molecule has 0 radical (unpaired) electrons. The van der Waals surface area contributed by atoms with Gasteiger partial charge in [0.05, 0.1) is 17.6 Å². The number of benzene rings is 1.